The molecular weight excluding hydrogens is 277 g/mol. The standard InChI is InChI=1S/C15H20FNO2S/c1-18-11-5-3-6-12(8-11)19-9-10-4-2-7-13(14(10)16)15(17)20/h2,4,7,11-12H,3,5-6,8-9H2,1H3,(H2,17,20). The van der Waals surface area contributed by atoms with Crippen LogP contribution in [-0.2, 0) is 16.1 Å². The molecule has 2 N–H and O–H groups in total. The highest BCUT2D eigenvalue weighted by molar-refractivity contribution is 7.80. The minimum Gasteiger partial charge on any atom is -0.389 e. The maximum Gasteiger partial charge on any atom is 0.138 e. The van der Waals surface area contributed by atoms with Gasteiger partial charge < -0.3 is 15.2 Å². The highest BCUT2D eigenvalue weighted by atomic mass is 32.1. The second kappa shape index (κ2) is 7.11. The molecule has 1 aromatic carbocycles. The number of hydrogen-bond donors (Lipinski definition) is 1. The van der Waals surface area contributed by atoms with Crippen molar-refractivity contribution in [3.05, 3.63) is 35.1 Å². The van der Waals surface area contributed by atoms with Gasteiger partial charge in [-0.2, -0.15) is 0 Å². The summed E-state index contributed by atoms with van der Waals surface area (Å²) in [6.07, 6.45) is 4.40. The van der Waals surface area contributed by atoms with Crippen molar-refractivity contribution in [1.29, 1.82) is 0 Å². The van der Waals surface area contributed by atoms with E-state index in [4.69, 9.17) is 27.4 Å². The van der Waals surface area contributed by atoms with E-state index in [1.807, 2.05) is 0 Å². The molecule has 1 saturated carbocycles. The molecule has 0 saturated heterocycles. The van der Waals surface area contributed by atoms with E-state index in [2.05, 4.69) is 0 Å². The van der Waals surface area contributed by atoms with Crippen LogP contribution in [0.5, 0.6) is 0 Å². The first-order valence-electron chi connectivity index (χ1n) is 6.83. The fourth-order valence-corrected chi connectivity index (χ4v) is 2.71. The Morgan fingerprint density at radius 3 is 2.85 bits per heavy atom. The number of benzene rings is 1. The van der Waals surface area contributed by atoms with Crippen molar-refractivity contribution in [2.24, 2.45) is 5.73 Å². The number of halogens is 1. The Balaban J connectivity index is 1.97. The predicted octanol–water partition coefficient (Wildman–Crippen LogP) is 2.93. The summed E-state index contributed by atoms with van der Waals surface area (Å²) < 4.78 is 25.3. The SMILES string of the molecule is COC1CCCC(OCc2cccc(C(N)=S)c2F)C1. The maximum atomic E-state index is 14.1. The lowest BCUT2D eigenvalue weighted by Gasteiger charge is -2.28. The molecule has 0 spiro atoms. The van der Waals surface area contributed by atoms with Gasteiger partial charge in [-0.15, -0.1) is 0 Å². The molecular formula is C15H20FNO2S. The number of hydrogen-bond acceptors (Lipinski definition) is 3. The summed E-state index contributed by atoms with van der Waals surface area (Å²) in [4.78, 5) is 0.0708. The Hall–Kier alpha value is -1.04. The predicted molar refractivity (Wildman–Crippen MR) is 80.1 cm³/mol. The van der Waals surface area contributed by atoms with Crippen molar-refractivity contribution in [3.8, 4) is 0 Å². The molecule has 0 bridgehead atoms. The lowest BCUT2D eigenvalue weighted by atomic mass is 9.95. The van der Waals surface area contributed by atoms with E-state index >= 15 is 0 Å². The van der Waals surface area contributed by atoms with Gasteiger partial charge in [-0.05, 0) is 31.7 Å². The van der Waals surface area contributed by atoms with Crippen molar-refractivity contribution in [2.45, 2.75) is 44.5 Å². The molecule has 20 heavy (non-hydrogen) atoms. The topological polar surface area (TPSA) is 44.5 Å². The summed E-state index contributed by atoms with van der Waals surface area (Å²) >= 11 is 4.83. The normalized spacial score (nSPS) is 22.7. The van der Waals surface area contributed by atoms with E-state index < -0.39 is 0 Å². The Labute approximate surface area is 124 Å². The van der Waals surface area contributed by atoms with Crippen LogP contribution in [0.4, 0.5) is 4.39 Å². The molecule has 110 valence electrons. The van der Waals surface area contributed by atoms with Crippen LogP contribution >= 0.6 is 12.2 Å². The monoisotopic (exact) mass is 297 g/mol. The van der Waals surface area contributed by atoms with Crippen LogP contribution in [0.15, 0.2) is 18.2 Å². The third-order valence-electron chi connectivity index (χ3n) is 3.73. The van der Waals surface area contributed by atoms with Crippen molar-refractivity contribution in [1.82, 2.24) is 0 Å². The van der Waals surface area contributed by atoms with Crippen molar-refractivity contribution in [2.75, 3.05) is 7.11 Å². The van der Waals surface area contributed by atoms with E-state index in [1.54, 1.807) is 25.3 Å². The minimum atomic E-state index is -0.376. The maximum absolute atomic E-state index is 14.1. The van der Waals surface area contributed by atoms with Crippen LogP contribution in [0.2, 0.25) is 0 Å². The number of ether oxygens (including phenoxy) is 2. The number of thiocarbonyl (C=S) groups is 1. The van der Waals surface area contributed by atoms with Crippen LogP contribution < -0.4 is 5.73 Å². The number of methoxy groups -OCH3 is 1. The second-order valence-electron chi connectivity index (χ2n) is 5.10. The van der Waals surface area contributed by atoms with Crippen molar-refractivity contribution in [3.63, 3.8) is 0 Å². The lowest BCUT2D eigenvalue weighted by molar-refractivity contribution is -0.0369. The van der Waals surface area contributed by atoms with E-state index in [1.165, 1.54) is 0 Å². The third-order valence-corrected chi connectivity index (χ3v) is 3.95. The van der Waals surface area contributed by atoms with E-state index in [-0.39, 0.29) is 35.2 Å². The molecule has 0 amide bonds. The van der Waals surface area contributed by atoms with Gasteiger partial charge in [0.05, 0.1) is 18.8 Å². The molecule has 5 heteroatoms. The van der Waals surface area contributed by atoms with Crippen LogP contribution in [-0.4, -0.2) is 24.3 Å². The van der Waals surface area contributed by atoms with Crippen LogP contribution in [0.1, 0.15) is 36.8 Å². The summed E-state index contributed by atoms with van der Waals surface area (Å²) in [6, 6.07) is 5.03. The zero-order chi connectivity index (χ0) is 14.5. The van der Waals surface area contributed by atoms with Gasteiger partial charge in [-0.25, -0.2) is 4.39 Å². The Morgan fingerprint density at radius 2 is 2.15 bits per heavy atom. The number of rotatable bonds is 5. The zero-order valence-corrected chi connectivity index (χ0v) is 12.4. The molecule has 0 heterocycles. The summed E-state index contributed by atoms with van der Waals surface area (Å²) in [5.74, 6) is -0.376. The largest absolute Gasteiger partial charge is 0.389 e. The van der Waals surface area contributed by atoms with Gasteiger partial charge >= 0.3 is 0 Å². The summed E-state index contributed by atoms with van der Waals surface area (Å²) in [5, 5.41) is 0. The van der Waals surface area contributed by atoms with E-state index in [0.29, 0.717) is 5.56 Å². The van der Waals surface area contributed by atoms with E-state index in [0.717, 1.165) is 25.7 Å². The first kappa shape index (κ1) is 15.4. The van der Waals surface area contributed by atoms with Crippen LogP contribution in [0.25, 0.3) is 0 Å². The van der Waals surface area contributed by atoms with Gasteiger partial charge in [-0.3, -0.25) is 0 Å². The Bertz CT molecular complexity index is 481. The van der Waals surface area contributed by atoms with Crippen molar-refractivity contribution >= 4 is 17.2 Å². The van der Waals surface area contributed by atoms with Gasteiger partial charge in [0.25, 0.3) is 0 Å². The lowest BCUT2D eigenvalue weighted by Crippen LogP contribution is -2.27. The first-order valence-corrected chi connectivity index (χ1v) is 7.24. The van der Waals surface area contributed by atoms with Gasteiger partial charge in [0.2, 0.25) is 0 Å². The fourth-order valence-electron chi connectivity index (χ4n) is 2.56. The molecule has 2 unspecified atom stereocenters. The first-order chi connectivity index (χ1) is 9.61. The molecule has 0 radical (unpaired) electrons. The van der Waals surface area contributed by atoms with Crippen molar-refractivity contribution < 1.29 is 13.9 Å². The highest BCUT2D eigenvalue weighted by Crippen LogP contribution is 2.24. The summed E-state index contributed by atoms with van der Waals surface area (Å²) in [6.45, 7) is 0.239. The molecule has 1 fully saturated rings. The third kappa shape index (κ3) is 3.75. The van der Waals surface area contributed by atoms with Gasteiger partial charge in [0.15, 0.2) is 0 Å². The smallest absolute Gasteiger partial charge is 0.138 e. The molecule has 3 nitrogen and oxygen atoms in total. The number of nitrogens with two attached hydrogens (primary N) is 1. The van der Waals surface area contributed by atoms with E-state index in [9.17, 15) is 4.39 Å². The molecule has 0 aromatic heterocycles. The molecule has 0 aliphatic heterocycles. The summed E-state index contributed by atoms with van der Waals surface area (Å²) in [5.41, 5.74) is 6.27. The molecule has 1 aliphatic carbocycles. The minimum absolute atomic E-state index is 0.0708. The van der Waals surface area contributed by atoms with Gasteiger partial charge in [0, 0.05) is 18.2 Å². The van der Waals surface area contributed by atoms with Crippen LogP contribution in [0.3, 0.4) is 0 Å². The van der Waals surface area contributed by atoms with Crippen LogP contribution in [0, 0.1) is 5.82 Å². The fraction of sp³-hybridized carbons (Fsp3) is 0.533. The average Bonchev–Trinajstić information content (AvgIpc) is 2.46. The Morgan fingerprint density at radius 1 is 1.40 bits per heavy atom. The molecule has 2 rings (SSSR count). The Kier molecular flexibility index (Phi) is 5.46. The average molecular weight is 297 g/mol. The second-order valence-corrected chi connectivity index (χ2v) is 5.54. The molecule has 1 aliphatic rings. The zero-order valence-electron chi connectivity index (χ0n) is 11.6. The quantitative estimate of drug-likeness (QED) is 0.849. The highest BCUT2D eigenvalue weighted by Gasteiger charge is 2.22. The molecule has 2 atom stereocenters. The molecule has 1 aromatic rings. The van der Waals surface area contributed by atoms with Gasteiger partial charge in [0.1, 0.15) is 10.8 Å². The summed E-state index contributed by atoms with van der Waals surface area (Å²) in [7, 11) is 1.72. The van der Waals surface area contributed by atoms with Gasteiger partial charge in [-0.1, -0.05) is 24.4 Å².